The normalized spacial score (nSPS) is 13.1. The quantitative estimate of drug-likeness (QED) is 0.424. The molecule has 0 spiro atoms. The summed E-state index contributed by atoms with van der Waals surface area (Å²) in [5.74, 6) is -1.05. The molecule has 0 radical (unpaired) electrons. The van der Waals surface area contributed by atoms with E-state index in [9.17, 15) is 9.90 Å². The van der Waals surface area contributed by atoms with Crippen molar-refractivity contribution in [3.8, 4) is 6.07 Å². The summed E-state index contributed by atoms with van der Waals surface area (Å²) < 4.78 is 0. The molecule has 0 aromatic heterocycles. The van der Waals surface area contributed by atoms with E-state index in [0.717, 1.165) is 5.56 Å². The van der Waals surface area contributed by atoms with Crippen molar-refractivity contribution in [1.82, 2.24) is 5.32 Å². The smallest absolute Gasteiger partial charge is 0.265 e. The van der Waals surface area contributed by atoms with Crippen LogP contribution >= 0.6 is 0 Å². The molecule has 100 valence electrons. The molecule has 1 atom stereocenters. The van der Waals surface area contributed by atoms with Gasteiger partial charge in [0.1, 0.15) is 11.8 Å². The van der Waals surface area contributed by atoms with Crippen molar-refractivity contribution in [2.75, 3.05) is 0 Å². The molecule has 5 heteroatoms. The van der Waals surface area contributed by atoms with Crippen LogP contribution in [0.15, 0.2) is 41.7 Å². The number of benzene rings is 1. The number of nitrogens with zero attached hydrogens (tertiary/aromatic N) is 1. The molecule has 5 nitrogen and oxygen atoms in total. The topological polar surface area (TPSA) is 93.3 Å². The number of aliphatic hydroxyl groups excluding tert-OH is 2. The van der Waals surface area contributed by atoms with Gasteiger partial charge in [-0.1, -0.05) is 30.3 Å². The van der Waals surface area contributed by atoms with Crippen LogP contribution in [-0.4, -0.2) is 22.2 Å². The minimum atomic E-state index is -0.815. The number of rotatable bonds is 5. The first-order valence-electron chi connectivity index (χ1n) is 5.87. The minimum Gasteiger partial charge on any atom is -0.511 e. The first-order chi connectivity index (χ1) is 9.04. The molecular formula is C14H16N2O3. The van der Waals surface area contributed by atoms with E-state index in [0.29, 0.717) is 0 Å². The van der Waals surface area contributed by atoms with Gasteiger partial charge >= 0.3 is 0 Å². The van der Waals surface area contributed by atoms with E-state index in [-0.39, 0.29) is 18.5 Å². The highest BCUT2D eigenvalue weighted by Gasteiger charge is 2.15. The zero-order chi connectivity index (χ0) is 14.3. The van der Waals surface area contributed by atoms with Gasteiger partial charge in [0.2, 0.25) is 0 Å². The fourth-order valence-electron chi connectivity index (χ4n) is 1.49. The summed E-state index contributed by atoms with van der Waals surface area (Å²) in [5, 5.41) is 30.1. The molecule has 0 fully saturated rings. The molecule has 0 aliphatic carbocycles. The Morgan fingerprint density at radius 1 is 1.42 bits per heavy atom. The van der Waals surface area contributed by atoms with Gasteiger partial charge in [0.15, 0.2) is 5.57 Å². The Morgan fingerprint density at radius 3 is 2.58 bits per heavy atom. The Bertz CT molecular complexity index is 501. The SMILES string of the molecule is CC(O)C/C(O)=C(\C#N)C(=O)NCc1ccccc1. The summed E-state index contributed by atoms with van der Waals surface area (Å²) >= 11 is 0. The third kappa shape index (κ3) is 4.82. The van der Waals surface area contributed by atoms with Crippen molar-refractivity contribution in [3.05, 3.63) is 47.2 Å². The maximum Gasteiger partial charge on any atom is 0.265 e. The maximum atomic E-state index is 11.7. The highest BCUT2D eigenvalue weighted by Crippen LogP contribution is 2.08. The molecule has 1 aromatic rings. The number of amides is 1. The molecule has 0 saturated heterocycles. The van der Waals surface area contributed by atoms with Crippen molar-refractivity contribution < 1.29 is 15.0 Å². The zero-order valence-electron chi connectivity index (χ0n) is 10.6. The van der Waals surface area contributed by atoms with E-state index in [1.54, 1.807) is 6.07 Å². The molecule has 19 heavy (non-hydrogen) atoms. The van der Waals surface area contributed by atoms with Gasteiger partial charge in [-0.25, -0.2) is 0 Å². The third-order valence-corrected chi connectivity index (χ3v) is 2.41. The van der Waals surface area contributed by atoms with Crippen molar-refractivity contribution in [3.63, 3.8) is 0 Å². The van der Waals surface area contributed by atoms with E-state index in [4.69, 9.17) is 10.4 Å². The zero-order valence-corrected chi connectivity index (χ0v) is 10.6. The van der Waals surface area contributed by atoms with Gasteiger partial charge in [-0.15, -0.1) is 0 Å². The van der Waals surface area contributed by atoms with Crippen LogP contribution in [0.3, 0.4) is 0 Å². The van der Waals surface area contributed by atoms with Gasteiger partial charge in [-0.05, 0) is 12.5 Å². The first-order valence-corrected chi connectivity index (χ1v) is 5.87. The fourth-order valence-corrected chi connectivity index (χ4v) is 1.49. The summed E-state index contributed by atoms with van der Waals surface area (Å²) in [5.41, 5.74) is 0.528. The van der Waals surface area contributed by atoms with Gasteiger partial charge in [-0.3, -0.25) is 4.79 Å². The summed E-state index contributed by atoms with van der Waals surface area (Å²) in [6, 6.07) is 10.9. The largest absolute Gasteiger partial charge is 0.511 e. The highest BCUT2D eigenvalue weighted by atomic mass is 16.3. The molecule has 1 unspecified atom stereocenters. The van der Waals surface area contributed by atoms with Gasteiger partial charge in [0.05, 0.1) is 6.10 Å². The first kappa shape index (κ1) is 14.7. The Labute approximate surface area is 111 Å². The Morgan fingerprint density at radius 2 is 2.05 bits per heavy atom. The Hall–Kier alpha value is -2.32. The van der Waals surface area contributed by atoms with Crippen molar-refractivity contribution in [1.29, 1.82) is 5.26 Å². The van der Waals surface area contributed by atoms with Gasteiger partial charge in [0.25, 0.3) is 5.91 Å². The second kappa shape index (κ2) is 7.19. The van der Waals surface area contributed by atoms with Gasteiger partial charge in [0, 0.05) is 13.0 Å². The molecule has 0 saturated carbocycles. The molecule has 0 aliphatic rings. The van der Waals surface area contributed by atoms with Crippen molar-refractivity contribution in [2.45, 2.75) is 26.0 Å². The lowest BCUT2D eigenvalue weighted by Crippen LogP contribution is -2.25. The molecule has 1 rings (SSSR count). The van der Waals surface area contributed by atoms with E-state index in [1.807, 2.05) is 30.3 Å². The monoisotopic (exact) mass is 260 g/mol. The highest BCUT2D eigenvalue weighted by molar-refractivity contribution is 5.97. The molecule has 3 N–H and O–H groups in total. The average Bonchev–Trinajstić information content (AvgIpc) is 2.37. The summed E-state index contributed by atoms with van der Waals surface area (Å²) in [4.78, 5) is 11.7. The number of aliphatic hydroxyl groups is 2. The number of hydrogen-bond acceptors (Lipinski definition) is 4. The Balaban J connectivity index is 2.68. The summed E-state index contributed by atoms with van der Waals surface area (Å²) in [6.07, 6.45) is -0.938. The van der Waals surface area contributed by atoms with E-state index >= 15 is 0 Å². The molecule has 0 heterocycles. The van der Waals surface area contributed by atoms with Crippen LogP contribution in [-0.2, 0) is 11.3 Å². The number of hydrogen-bond donors (Lipinski definition) is 3. The predicted molar refractivity (Wildman–Crippen MR) is 69.9 cm³/mol. The lowest BCUT2D eigenvalue weighted by atomic mass is 10.1. The number of carbonyl (C=O) groups is 1. The standard InChI is InChI=1S/C14H16N2O3/c1-10(17)7-13(18)12(8-15)14(19)16-9-11-5-3-2-4-6-11/h2-6,10,17-18H,7,9H2,1H3,(H,16,19)/b13-12-. The summed E-state index contributed by atoms with van der Waals surface area (Å²) in [7, 11) is 0. The molecule has 0 bridgehead atoms. The third-order valence-electron chi connectivity index (χ3n) is 2.41. The van der Waals surface area contributed by atoms with Gasteiger partial charge < -0.3 is 15.5 Å². The molecule has 0 aliphatic heterocycles. The lowest BCUT2D eigenvalue weighted by molar-refractivity contribution is -0.117. The second-order valence-corrected chi connectivity index (χ2v) is 4.15. The predicted octanol–water partition coefficient (Wildman–Crippen LogP) is 1.41. The van der Waals surface area contributed by atoms with Crippen LogP contribution in [0.4, 0.5) is 0 Å². The van der Waals surface area contributed by atoms with Crippen LogP contribution in [0.25, 0.3) is 0 Å². The number of carbonyl (C=O) groups excluding carboxylic acids is 1. The van der Waals surface area contributed by atoms with Crippen molar-refractivity contribution in [2.24, 2.45) is 0 Å². The Kier molecular flexibility index (Phi) is 5.58. The summed E-state index contributed by atoms with van der Waals surface area (Å²) in [6.45, 7) is 1.74. The number of nitrogens with one attached hydrogen (secondary N) is 1. The lowest BCUT2D eigenvalue weighted by Gasteiger charge is -2.07. The van der Waals surface area contributed by atoms with E-state index < -0.39 is 17.8 Å². The van der Waals surface area contributed by atoms with Crippen LogP contribution in [0.5, 0.6) is 0 Å². The van der Waals surface area contributed by atoms with E-state index in [2.05, 4.69) is 5.32 Å². The van der Waals surface area contributed by atoms with Crippen LogP contribution < -0.4 is 5.32 Å². The molecular weight excluding hydrogens is 244 g/mol. The fraction of sp³-hybridized carbons (Fsp3) is 0.286. The molecule has 1 aromatic carbocycles. The van der Waals surface area contributed by atoms with Crippen LogP contribution in [0, 0.1) is 11.3 Å². The van der Waals surface area contributed by atoms with Crippen molar-refractivity contribution >= 4 is 5.91 Å². The van der Waals surface area contributed by atoms with Crippen LogP contribution in [0.2, 0.25) is 0 Å². The second-order valence-electron chi connectivity index (χ2n) is 4.15. The van der Waals surface area contributed by atoms with Gasteiger partial charge in [-0.2, -0.15) is 5.26 Å². The average molecular weight is 260 g/mol. The number of nitriles is 1. The van der Waals surface area contributed by atoms with Crippen LogP contribution in [0.1, 0.15) is 18.9 Å². The van der Waals surface area contributed by atoms with E-state index in [1.165, 1.54) is 6.92 Å². The molecule has 1 amide bonds. The minimum absolute atomic E-state index is 0.123. The maximum absolute atomic E-state index is 11.7.